The number of carbonyl (C=O) groups is 1. The number of hydrogen-bond donors (Lipinski definition) is 1. The number of likely N-dealkylation sites (tertiary alicyclic amines) is 1. The minimum Gasteiger partial charge on any atom is -0.369 e. The molecule has 2 aliphatic heterocycles. The largest absolute Gasteiger partial charge is 0.369 e. The van der Waals surface area contributed by atoms with Crippen molar-refractivity contribution in [3.05, 3.63) is 28.8 Å². The van der Waals surface area contributed by atoms with Crippen molar-refractivity contribution in [2.24, 2.45) is 23.5 Å². The maximum Gasteiger partial charge on any atom is 0.243 e. The molecule has 3 rings (SSSR count). The predicted molar refractivity (Wildman–Crippen MR) is 101 cm³/mol. The number of hydrogen-bond acceptors (Lipinski definition) is 4. The Morgan fingerprint density at radius 3 is 2.46 bits per heavy atom. The first-order chi connectivity index (χ1) is 12.2. The molecular formula is C18H26ClN3O3S. The standard InChI is InChI=1S/C18H26ClN3O3S/c1-12-9-14(19)3-4-17(12)26(24,25)22-10-15(16(11-22)18(20)23)13-5-7-21(2)8-6-13/h3-4,9,13,15-16H,5-8,10-11H2,1-2H3,(H2,20,23)/t15-,16+/m0/s1. The number of rotatable bonds is 4. The van der Waals surface area contributed by atoms with Crippen molar-refractivity contribution in [1.29, 1.82) is 0 Å². The molecule has 1 aromatic rings. The van der Waals surface area contributed by atoms with Gasteiger partial charge in [-0.3, -0.25) is 4.79 Å². The van der Waals surface area contributed by atoms with E-state index in [9.17, 15) is 13.2 Å². The number of nitrogens with zero attached hydrogens (tertiary/aromatic N) is 2. The van der Waals surface area contributed by atoms with Crippen molar-refractivity contribution in [3.8, 4) is 0 Å². The Kier molecular flexibility index (Phi) is 5.63. The van der Waals surface area contributed by atoms with Crippen LogP contribution in [0.5, 0.6) is 0 Å². The molecule has 0 unspecified atom stereocenters. The molecule has 2 N–H and O–H groups in total. The maximum absolute atomic E-state index is 13.1. The number of halogens is 1. The summed E-state index contributed by atoms with van der Waals surface area (Å²) in [7, 11) is -1.60. The molecular weight excluding hydrogens is 374 g/mol. The van der Waals surface area contributed by atoms with E-state index < -0.39 is 21.8 Å². The van der Waals surface area contributed by atoms with Crippen molar-refractivity contribution >= 4 is 27.5 Å². The van der Waals surface area contributed by atoms with Gasteiger partial charge >= 0.3 is 0 Å². The van der Waals surface area contributed by atoms with Gasteiger partial charge in [-0.1, -0.05) is 11.6 Å². The van der Waals surface area contributed by atoms with Gasteiger partial charge in [-0.2, -0.15) is 4.31 Å². The van der Waals surface area contributed by atoms with Crippen LogP contribution >= 0.6 is 11.6 Å². The number of carbonyl (C=O) groups excluding carboxylic acids is 1. The lowest BCUT2D eigenvalue weighted by Crippen LogP contribution is -2.38. The summed E-state index contributed by atoms with van der Waals surface area (Å²) in [5, 5.41) is 0.502. The Morgan fingerprint density at radius 2 is 1.88 bits per heavy atom. The van der Waals surface area contributed by atoms with Crippen LogP contribution in [0, 0.1) is 24.7 Å². The highest BCUT2D eigenvalue weighted by Crippen LogP contribution is 2.38. The minimum absolute atomic E-state index is 0.0106. The lowest BCUT2D eigenvalue weighted by molar-refractivity contribution is -0.123. The van der Waals surface area contributed by atoms with Crippen molar-refractivity contribution in [1.82, 2.24) is 9.21 Å². The molecule has 2 atom stereocenters. The van der Waals surface area contributed by atoms with E-state index in [2.05, 4.69) is 11.9 Å². The van der Waals surface area contributed by atoms with E-state index in [0.29, 0.717) is 23.0 Å². The first kappa shape index (κ1) is 19.6. The zero-order valence-electron chi connectivity index (χ0n) is 15.2. The molecule has 1 aromatic carbocycles. The van der Waals surface area contributed by atoms with Crippen molar-refractivity contribution < 1.29 is 13.2 Å². The van der Waals surface area contributed by atoms with Crippen molar-refractivity contribution in [2.75, 3.05) is 33.2 Å². The van der Waals surface area contributed by atoms with Crippen LogP contribution in [0.3, 0.4) is 0 Å². The van der Waals surface area contributed by atoms with Crippen LogP contribution in [-0.4, -0.2) is 56.8 Å². The van der Waals surface area contributed by atoms with Gasteiger partial charge in [-0.05, 0) is 75.5 Å². The zero-order chi connectivity index (χ0) is 19.1. The number of primary amides is 1. The summed E-state index contributed by atoms with van der Waals surface area (Å²) in [5.41, 5.74) is 6.24. The van der Waals surface area contributed by atoms with E-state index in [1.54, 1.807) is 19.1 Å². The number of aryl methyl sites for hydroxylation is 1. The second kappa shape index (κ2) is 7.46. The average molecular weight is 400 g/mol. The highest BCUT2D eigenvalue weighted by Gasteiger charge is 2.45. The van der Waals surface area contributed by atoms with Gasteiger partial charge in [0.1, 0.15) is 0 Å². The van der Waals surface area contributed by atoms with Crippen LogP contribution in [0.25, 0.3) is 0 Å². The molecule has 2 aliphatic rings. The van der Waals surface area contributed by atoms with Gasteiger partial charge < -0.3 is 10.6 Å². The average Bonchev–Trinajstić information content (AvgIpc) is 3.01. The molecule has 0 bridgehead atoms. The summed E-state index contributed by atoms with van der Waals surface area (Å²) in [6, 6.07) is 4.76. The van der Waals surface area contributed by atoms with E-state index in [-0.39, 0.29) is 17.4 Å². The van der Waals surface area contributed by atoms with E-state index in [1.165, 1.54) is 10.4 Å². The third kappa shape index (κ3) is 3.76. The van der Waals surface area contributed by atoms with Gasteiger partial charge in [0.2, 0.25) is 15.9 Å². The monoisotopic (exact) mass is 399 g/mol. The number of amides is 1. The molecule has 2 heterocycles. The highest BCUT2D eigenvalue weighted by atomic mass is 35.5. The van der Waals surface area contributed by atoms with Gasteiger partial charge in [0, 0.05) is 18.1 Å². The molecule has 8 heteroatoms. The molecule has 1 amide bonds. The molecule has 26 heavy (non-hydrogen) atoms. The molecule has 144 valence electrons. The molecule has 2 saturated heterocycles. The summed E-state index contributed by atoms with van der Waals surface area (Å²) in [6.07, 6.45) is 1.94. The second-order valence-electron chi connectivity index (χ2n) is 7.55. The number of piperidine rings is 1. The molecule has 0 saturated carbocycles. The van der Waals surface area contributed by atoms with E-state index in [4.69, 9.17) is 17.3 Å². The van der Waals surface area contributed by atoms with Crippen LogP contribution in [0.2, 0.25) is 5.02 Å². The van der Waals surface area contributed by atoms with Gasteiger partial charge in [0.25, 0.3) is 0 Å². The van der Waals surface area contributed by atoms with Gasteiger partial charge in [0.15, 0.2) is 0 Å². The molecule has 2 fully saturated rings. The Balaban J connectivity index is 1.86. The Labute approximate surface area is 160 Å². The Morgan fingerprint density at radius 1 is 1.23 bits per heavy atom. The number of sulfonamides is 1. The molecule has 6 nitrogen and oxygen atoms in total. The third-order valence-corrected chi connectivity index (χ3v) is 8.05. The van der Waals surface area contributed by atoms with Gasteiger partial charge in [-0.25, -0.2) is 8.42 Å². The first-order valence-electron chi connectivity index (χ1n) is 8.94. The number of benzene rings is 1. The minimum atomic E-state index is -3.68. The SMILES string of the molecule is Cc1cc(Cl)ccc1S(=O)(=O)N1C[C@@H](C(N)=O)[C@H](C2CCN(C)CC2)C1. The quantitative estimate of drug-likeness (QED) is 0.835. The Hall–Kier alpha value is -1.15. The normalized spacial score (nSPS) is 26.3. The van der Waals surface area contributed by atoms with Gasteiger partial charge in [-0.15, -0.1) is 0 Å². The van der Waals surface area contributed by atoms with Crippen molar-refractivity contribution in [2.45, 2.75) is 24.7 Å². The Bertz CT molecular complexity index is 791. The van der Waals surface area contributed by atoms with E-state index >= 15 is 0 Å². The summed E-state index contributed by atoms with van der Waals surface area (Å²) >= 11 is 5.95. The van der Waals surface area contributed by atoms with Gasteiger partial charge in [0.05, 0.1) is 10.8 Å². The lowest BCUT2D eigenvalue weighted by Gasteiger charge is -2.34. The summed E-state index contributed by atoms with van der Waals surface area (Å²) in [4.78, 5) is 14.5. The third-order valence-electron chi connectivity index (χ3n) is 5.82. The smallest absolute Gasteiger partial charge is 0.243 e. The van der Waals surface area contributed by atoms with Crippen LogP contribution in [0.15, 0.2) is 23.1 Å². The lowest BCUT2D eigenvalue weighted by atomic mass is 9.78. The van der Waals surface area contributed by atoms with Crippen LogP contribution in [-0.2, 0) is 14.8 Å². The van der Waals surface area contributed by atoms with Crippen LogP contribution in [0.1, 0.15) is 18.4 Å². The molecule has 0 aliphatic carbocycles. The fourth-order valence-corrected chi connectivity index (χ4v) is 6.20. The maximum atomic E-state index is 13.1. The zero-order valence-corrected chi connectivity index (χ0v) is 16.8. The highest BCUT2D eigenvalue weighted by molar-refractivity contribution is 7.89. The summed E-state index contributed by atoms with van der Waals surface area (Å²) < 4.78 is 27.7. The van der Waals surface area contributed by atoms with Crippen LogP contribution < -0.4 is 5.73 Å². The summed E-state index contributed by atoms with van der Waals surface area (Å²) in [6.45, 7) is 4.18. The fraction of sp³-hybridized carbons (Fsp3) is 0.611. The predicted octanol–water partition coefficient (Wildman–Crippen LogP) is 1.71. The number of nitrogens with two attached hydrogens (primary N) is 1. The first-order valence-corrected chi connectivity index (χ1v) is 10.8. The molecule has 0 aromatic heterocycles. The topological polar surface area (TPSA) is 83.7 Å². The molecule has 0 radical (unpaired) electrons. The van der Waals surface area contributed by atoms with E-state index in [1.807, 2.05) is 0 Å². The van der Waals surface area contributed by atoms with Crippen LogP contribution in [0.4, 0.5) is 0 Å². The van der Waals surface area contributed by atoms with Crippen molar-refractivity contribution in [3.63, 3.8) is 0 Å². The fourth-order valence-electron chi connectivity index (χ4n) is 4.26. The molecule has 0 spiro atoms. The second-order valence-corrected chi connectivity index (χ2v) is 9.89. The van der Waals surface area contributed by atoms with E-state index in [0.717, 1.165) is 25.9 Å². The summed E-state index contributed by atoms with van der Waals surface area (Å²) in [5.74, 6) is -0.510.